The van der Waals surface area contributed by atoms with Crippen LogP contribution in [0, 0.1) is 27.7 Å². The molecule has 0 fully saturated rings. The highest BCUT2D eigenvalue weighted by atomic mass is 15.1. The van der Waals surface area contributed by atoms with E-state index in [-0.39, 0.29) is 0 Å². The molecule has 1 nitrogen and oxygen atoms in total. The molecule has 0 aromatic heterocycles. The average Bonchev–Trinajstić information content (AvgIpc) is 2.70. The summed E-state index contributed by atoms with van der Waals surface area (Å²) in [5, 5.41) is 0. The second-order valence-electron chi connectivity index (χ2n) is 7.93. The van der Waals surface area contributed by atoms with Crippen molar-refractivity contribution in [3.63, 3.8) is 0 Å². The fraction of sp³-hybridized carbons (Fsp3) is 0.143. The van der Waals surface area contributed by atoms with E-state index < -0.39 is 0 Å². The Bertz CT molecular complexity index is 1080. The van der Waals surface area contributed by atoms with Crippen LogP contribution in [0.25, 0.3) is 11.1 Å². The Hall–Kier alpha value is -3.32. The molecule has 29 heavy (non-hydrogen) atoms. The third-order valence-electron chi connectivity index (χ3n) is 5.27. The van der Waals surface area contributed by atoms with Gasteiger partial charge >= 0.3 is 0 Å². The van der Waals surface area contributed by atoms with Crippen molar-refractivity contribution in [3.8, 4) is 11.1 Å². The summed E-state index contributed by atoms with van der Waals surface area (Å²) in [6, 6.07) is 33.0. The van der Waals surface area contributed by atoms with Gasteiger partial charge in [-0.15, -0.1) is 0 Å². The lowest BCUT2D eigenvalue weighted by atomic mass is 10.0. The third kappa shape index (κ3) is 4.25. The number of hydrogen-bond acceptors (Lipinski definition) is 1. The molecule has 0 radical (unpaired) electrons. The minimum absolute atomic E-state index is 1.16. The van der Waals surface area contributed by atoms with E-state index in [2.05, 4.69) is 124 Å². The summed E-state index contributed by atoms with van der Waals surface area (Å²) in [6.07, 6.45) is 0. The van der Waals surface area contributed by atoms with Gasteiger partial charge in [-0.25, -0.2) is 0 Å². The lowest BCUT2D eigenvalue weighted by molar-refractivity contribution is 1.25. The zero-order chi connectivity index (χ0) is 20.4. The summed E-state index contributed by atoms with van der Waals surface area (Å²) in [4.78, 5) is 2.33. The van der Waals surface area contributed by atoms with E-state index in [1.165, 1.54) is 44.8 Å². The van der Waals surface area contributed by atoms with E-state index in [0.717, 1.165) is 5.69 Å². The molecule has 0 aliphatic carbocycles. The molecule has 0 amide bonds. The van der Waals surface area contributed by atoms with Crippen molar-refractivity contribution < 1.29 is 0 Å². The first-order valence-corrected chi connectivity index (χ1v) is 10.1. The van der Waals surface area contributed by atoms with E-state index in [1.807, 2.05) is 0 Å². The highest BCUT2D eigenvalue weighted by Gasteiger charge is 2.13. The van der Waals surface area contributed by atoms with Gasteiger partial charge in [0.25, 0.3) is 0 Å². The van der Waals surface area contributed by atoms with E-state index in [9.17, 15) is 0 Å². The maximum atomic E-state index is 2.33. The molecule has 0 atom stereocenters. The minimum Gasteiger partial charge on any atom is -0.310 e. The monoisotopic (exact) mass is 377 g/mol. The van der Waals surface area contributed by atoms with Crippen LogP contribution in [0.3, 0.4) is 0 Å². The molecule has 4 aromatic carbocycles. The molecule has 144 valence electrons. The molecule has 0 saturated carbocycles. The fourth-order valence-electron chi connectivity index (χ4n) is 3.77. The second-order valence-corrected chi connectivity index (χ2v) is 7.93. The molecule has 0 N–H and O–H groups in total. The van der Waals surface area contributed by atoms with Crippen LogP contribution in [0.15, 0.2) is 91.0 Å². The molecule has 0 aliphatic rings. The number of hydrogen-bond donors (Lipinski definition) is 0. The predicted octanol–water partition coefficient (Wildman–Crippen LogP) is 8.06. The van der Waals surface area contributed by atoms with E-state index in [0.29, 0.717) is 0 Å². The van der Waals surface area contributed by atoms with E-state index in [1.54, 1.807) is 0 Å². The van der Waals surface area contributed by atoms with Crippen molar-refractivity contribution in [2.24, 2.45) is 0 Å². The number of rotatable bonds is 4. The molecule has 4 rings (SSSR count). The van der Waals surface area contributed by atoms with Crippen LogP contribution in [0.2, 0.25) is 0 Å². The van der Waals surface area contributed by atoms with Crippen molar-refractivity contribution in [2.45, 2.75) is 27.7 Å². The van der Waals surface area contributed by atoms with Gasteiger partial charge in [-0.2, -0.15) is 0 Å². The van der Waals surface area contributed by atoms with Gasteiger partial charge in [0.1, 0.15) is 0 Å². The van der Waals surface area contributed by atoms with E-state index >= 15 is 0 Å². The first-order chi connectivity index (χ1) is 14.0. The molecule has 0 spiro atoms. The van der Waals surface area contributed by atoms with Crippen molar-refractivity contribution in [2.75, 3.05) is 4.90 Å². The number of nitrogens with zero attached hydrogens (tertiary/aromatic N) is 1. The standard InChI is InChI=1S/C28H27N/c1-20-5-9-24(10-6-20)25-11-15-27(16-12-25)29(26-13-7-21(2)8-14-26)28-18-22(3)17-23(4)19-28/h5-19H,1-4H3. The zero-order valence-electron chi connectivity index (χ0n) is 17.6. The molecule has 0 saturated heterocycles. The van der Waals surface area contributed by atoms with Crippen LogP contribution in [-0.4, -0.2) is 0 Å². The van der Waals surface area contributed by atoms with Gasteiger partial charge in [-0.1, -0.05) is 65.7 Å². The Kier molecular flexibility index (Phi) is 5.22. The average molecular weight is 378 g/mol. The number of benzene rings is 4. The van der Waals surface area contributed by atoms with Crippen molar-refractivity contribution >= 4 is 17.1 Å². The fourth-order valence-corrected chi connectivity index (χ4v) is 3.77. The first-order valence-electron chi connectivity index (χ1n) is 10.1. The van der Waals surface area contributed by atoms with Crippen molar-refractivity contribution in [1.29, 1.82) is 0 Å². The molecular formula is C28H27N. The summed E-state index contributed by atoms with van der Waals surface area (Å²) in [5.41, 5.74) is 11.1. The molecule has 1 heteroatoms. The lowest BCUT2D eigenvalue weighted by Gasteiger charge is -2.26. The molecule has 0 heterocycles. The summed E-state index contributed by atoms with van der Waals surface area (Å²) in [7, 11) is 0. The first kappa shape index (κ1) is 19.0. The van der Waals surface area contributed by atoms with Gasteiger partial charge in [-0.3, -0.25) is 0 Å². The van der Waals surface area contributed by atoms with Crippen LogP contribution >= 0.6 is 0 Å². The third-order valence-corrected chi connectivity index (χ3v) is 5.27. The van der Waals surface area contributed by atoms with Gasteiger partial charge in [0.05, 0.1) is 0 Å². The van der Waals surface area contributed by atoms with Gasteiger partial charge in [0.15, 0.2) is 0 Å². The van der Waals surface area contributed by atoms with Crippen LogP contribution in [-0.2, 0) is 0 Å². The van der Waals surface area contributed by atoms with Crippen LogP contribution in [0.4, 0.5) is 17.1 Å². The van der Waals surface area contributed by atoms with Gasteiger partial charge in [-0.05, 0) is 86.3 Å². The molecule has 0 aliphatic heterocycles. The molecule has 0 unspecified atom stereocenters. The number of aryl methyl sites for hydroxylation is 4. The smallest absolute Gasteiger partial charge is 0.0466 e. The van der Waals surface area contributed by atoms with Crippen LogP contribution < -0.4 is 4.90 Å². The predicted molar refractivity (Wildman–Crippen MR) is 126 cm³/mol. The van der Waals surface area contributed by atoms with Gasteiger partial charge < -0.3 is 4.90 Å². The Balaban J connectivity index is 1.78. The van der Waals surface area contributed by atoms with Crippen molar-refractivity contribution in [1.82, 2.24) is 0 Å². The van der Waals surface area contributed by atoms with Gasteiger partial charge in [0, 0.05) is 17.1 Å². The van der Waals surface area contributed by atoms with Crippen LogP contribution in [0.1, 0.15) is 22.3 Å². The molecular weight excluding hydrogens is 350 g/mol. The highest BCUT2D eigenvalue weighted by Crippen LogP contribution is 2.36. The van der Waals surface area contributed by atoms with Crippen molar-refractivity contribution in [3.05, 3.63) is 113 Å². The van der Waals surface area contributed by atoms with Crippen LogP contribution in [0.5, 0.6) is 0 Å². The minimum atomic E-state index is 1.16. The molecule has 4 aromatic rings. The molecule has 0 bridgehead atoms. The summed E-state index contributed by atoms with van der Waals surface area (Å²) >= 11 is 0. The Labute approximate surface area is 174 Å². The SMILES string of the molecule is Cc1ccc(-c2ccc(N(c3ccc(C)cc3)c3cc(C)cc(C)c3)cc2)cc1. The number of anilines is 3. The largest absolute Gasteiger partial charge is 0.310 e. The highest BCUT2D eigenvalue weighted by molar-refractivity contribution is 5.79. The Morgan fingerprint density at radius 2 is 0.759 bits per heavy atom. The maximum Gasteiger partial charge on any atom is 0.0466 e. The van der Waals surface area contributed by atoms with E-state index in [4.69, 9.17) is 0 Å². The Morgan fingerprint density at radius 3 is 1.24 bits per heavy atom. The topological polar surface area (TPSA) is 3.24 Å². The normalized spacial score (nSPS) is 10.8. The van der Waals surface area contributed by atoms with Gasteiger partial charge in [0.2, 0.25) is 0 Å². The Morgan fingerprint density at radius 1 is 0.379 bits per heavy atom. The quantitative estimate of drug-likeness (QED) is 0.347. The summed E-state index contributed by atoms with van der Waals surface area (Å²) in [5.74, 6) is 0. The summed E-state index contributed by atoms with van der Waals surface area (Å²) < 4.78 is 0. The zero-order valence-corrected chi connectivity index (χ0v) is 17.6. The lowest BCUT2D eigenvalue weighted by Crippen LogP contribution is -2.10. The summed E-state index contributed by atoms with van der Waals surface area (Å²) in [6.45, 7) is 8.56. The second kappa shape index (κ2) is 7.97. The maximum absolute atomic E-state index is 2.33.